The van der Waals surface area contributed by atoms with Crippen LogP contribution < -0.4 is 4.74 Å². The first-order chi connectivity index (χ1) is 15.4. The third-order valence-corrected chi connectivity index (χ3v) is 5.21. The molecule has 0 saturated heterocycles. The average Bonchev–Trinajstić information content (AvgIpc) is 3.18. The van der Waals surface area contributed by atoms with E-state index in [2.05, 4.69) is 6.92 Å². The van der Waals surface area contributed by atoms with Crippen LogP contribution >= 0.6 is 0 Å². The van der Waals surface area contributed by atoms with E-state index in [4.69, 9.17) is 9.84 Å². The van der Waals surface area contributed by atoms with E-state index in [-0.39, 0.29) is 18.8 Å². The Morgan fingerprint density at radius 2 is 1.91 bits per heavy atom. The number of unbranched alkanes of at least 4 members (excludes halogenated alkanes) is 1. The van der Waals surface area contributed by atoms with Crippen LogP contribution in [0.5, 0.6) is 5.75 Å². The zero-order chi connectivity index (χ0) is 23.1. The second kappa shape index (κ2) is 10.9. The van der Waals surface area contributed by atoms with Crippen molar-refractivity contribution in [2.45, 2.75) is 52.2 Å². The van der Waals surface area contributed by atoms with Crippen LogP contribution in [0.4, 0.5) is 4.39 Å². The molecular weight excluding hydrogens is 411 g/mol. The first-order valence-corrected chi connectivity index (χ1v) is 10.9. The number of carbonyl (C=O) groups is 1. The molecule has 0 aliphatic heterocycles. The monoisotopic (exact) mass is 440 g/mol. The number of aliphatic carboxylic acids is 1. The van der Waals surface area contributed by atoms with E-state index in [1.807, 2.05) is 13.0 Å². The number of hydrogen-bond acceptors (Lipinski definition) is 4. The van der Waals surface area contributed by atoms with Crippen molar-refractivity contribution in [3.05, 3.63) is 59.9 Å². The van der Waals surface area contributed by atoms with Crippen LogP contribution in [-0.4, -0.2) is 38.7 Å². The van der Waals surface area contributed by atoms with Crippen LogP contribution in [0, 0.1) is 5.82 Å². The number of carboxylic acid groups (broad SMARTS) is 1. The molecule has 0 bridgehead atoms. The lowest BCUT2D eigenvalue weighted by molar-refractivity contribution is -0.136. The van der Waals surface area contributed by atoms with Crippen LogP contribution in [0.1, 0.15) is 38.7 Å². The van der Waals surface area contributed by atoms with Gasteiger partial charge in [-0.3, -0.25) is 9.48 Å². The molecule has 0 aliphatic rings. The lowest BCUT2D eigenvalue weighted by Crippen LogP contribution is -2.16. The topological polar surface area (TPSA) is 84.6 Å². The smallest absolute Gasteiger partial charge is 0.307 e. The predicted molar refractivity (Wildman–Crippen MR) is 121 cm³/mol. The molecule has 3 aromatic rings. The van der Waals surface area contributed by atoms with Gasteiger partial charge >= 0.3 is 5.97 Å². The Hall–Kier alpha value is -3.19. The minimum Gasteiger partial charge on any atom is -0.493 e. The number of carboxylic acids is 1. The Morgan fingerprint density at radius 1 is 1.16 bits per heavy atom. The van der Waals surface area contributed by atoms with Gasteiger partial charge in [-0.15, -0.1) is 0 Å². The summed E-state index contributed by atoms with van der Waals surface area (Å²) < 4.78 is 21.1. The summed E-state index contributed by atoms with van der Waals surface area (Å²) in [6.07, 6.45) is 1.76. The molecule has 0 radical (unpaired) electrons. The summed E-state index contributed by atoms with van der Waals surface area (Å²) in [6, 6.07) is 13.3. The lowest BCUT2D eigenvalue weighted by Gasteiger charge is -2.12. The van der Waals surface area contributed by atoms with Gasteiger partial charge in [0.05, 0.1) is 37.1 Å². The first kappa shape index (κ1) is 23.5. The molecule has 1 heterocycles. The quantitative estimate of drug-likeness (QED) is 0.413. The molecule has 2 aromatic carbocycles. The van der Waals surface area contributed by atoms with Crippen LogP contribution in [-0.2, 0) is 17.8 Å². The largest absolute Gasteiger partial charge is 0.493 e. The van der Waals surface area contributed by atoms with Crippen molar-refractivity contribution in [3.63, 3.8) is 0 Å². The number of nitrogens with zero attached hydrogens (tertiary/aromatic N) is 2. The van der Waals surface area contributed by atoms with Gasteiger partial charge in [0.2, 0.25) is 0 Å². The highest BCUT2D eigenvalue weighted by molar-refractivity contribution is 5.76. The van der Waals surface area contributed by atoms with Crippen LogP contribution in [0.25, 0.3) is 22.5 Å². The summed E-state index contributed by atoms with van der Waals surface area (Å²) in [5, 5.41) is 24.2. The third kappa shape index (κ3) is 5.95. The van der Waals surface area contributed by atoms with E-state index >= 15 is 0 Å². The number of halogens is 1. The third-order valence-electron chi connectivity index (χ3n) is 5.21. The standard InChI is InChI=1S/C25H29FN2O4/c1-3-5-12-32-24-11-6-17(14-25(30)31)13-21(24)22-15-23(18-7-9-19(26)10-8-18)28(27-22)16-20(29)4-2/h6-11,13,15,20,29H,3-5,12,14,16H2,1-2H3,(H,30,31)/t20-/m0/s1. The van der Waals surface area contributed by atoms with Crippen molar-refractivity contribution < 1.29 is 24.1 Å². The van der Waals surface area contributed by atoms with E-state index < -0.39 is 12.1 Å². The maximum atomic E-state index is 13.5. The Kier molecular flexibility index (Phi) is 8.00. The van der Waals surface area contributed by atoms with E-state index in [1.165, 1.54) is 12.1 Å². The average molecular weight is 441 g/mol. The van der Waals surface area contributed by atoms with E-state index in [9.17, 15) is 19.4 Å². The fourth-order valence-electron chi connectivity index (χ4n) is 3.38. The molecule has 0 fully saturated rings. The van der Waals surface area contributed by atoms with Crippen LogP contribution in [0.15, 0.2) is 48.5 Å². The maximum absolute atomic E-state index is 13.5. The molecule has 0 amide bonds. The molecule has 170 valence electrons. The molecule has 1 aromatic heterocycles. The Bertz CT molecular complexity index is 1050. The van der Waals surface area contributed by atoms with Gasteiger partial charge in [-0.25, -0.2) is 4.39 Å². The Morgan fingerprint density at radius 3 is 2.56 bits per heavy atom. The number of hydrogen-bond donors (Lipinski definition) is 2. The zero-order valence-electron chi connectivity index (χ0n) is 18.4. The second-order valence-corrected chi connectivity index (χ2v) is 7.77. The number of rotatable bonds is 11. The number of ether oxygens (including phenoxy) is 1. The van der Waals surface area contributed by atoms with Crippen molar-refractivity contribution in [2.24, 2.45) is 0 Å². The number of benzene rings is 2. The van der Waals surface area contributed by atoms with Crippen molar-refractivity contribution in [1.82, 2.24) is 9.78 Å². The molecular formula is C25H29FN2O4. The SMILES string of the molecule is CCCCOc1ccc(CC(=O)O)cc1-c1cc(-c2ccc(F)cc2)n(C[C@@H](O)CC)n1. The first-order valence-electron chi connectivity index (χ1n) is 10.9. The second-order valence-electron chi connectivity index (χ2n) is 7.77. The lowest BCUT2D eigenvalue weighted by atomic mass is 10.0. The Labute approximate surface area is 187 Å². The van der Waals surface area contributed by atoms with E-state index in [1.54, 1.807) is 35.0 Å². The molecule has 1 atom stereocenters. The van der Waals surface area contributed by atoms with Gasteiger partial charge in [0, 0.05) is 11.1 Å². The zero-order valence-corrected chi connectivity index (χ0v) is 18.4. The van der Waals surface area contributed by atoms with E-state index in [0.29, 0.717) is 35.6 Å². The number of aromatic nitrogens is 2. The summed E-state index contributed by atoms with van der Waals surface area (Å²) in [5.41, 5.74) is 3.43. The summed E-state index contributed by atoms with van der Waals surface area (Å²) in [5.74, 6) is -0.625. The molecule has 32 heavy (non-hydrogen) atoms. The highest BCUT2D eigenvalue weighted by atomic mass is 19.1. The van der Waals surface area contributed by atoms with Crippen molar-refractivity contribution in [1.29, 1.82) is 0 Å². The van der Waals surface area contributed by atoms with Crippen molar-refractivity contribution in [3.8, 4) is 28.3 Å². The molecule has 6 nitrogen and oxygen atoms in total. The Balaban J connectivity index is 2.08. The van der Waals surface area contributed by atoms with Gasteiger partial charge in [0.15, 0.2) is 0 Å². The number of aliphatic hydroxyl groups excluding tert-OH is 1. The molecule has 0 saturated carbocycles. The van der Waals surface area contributed by atoms with Crippen LogP contribution in [0.3, 0.4) is 0 Å². The van der Waals surface area contributed by atoms with Crippen LogP contribution in [0.2, 0.25) is 0 Å². The van der Waals surface area contributed by atoms with Gasteiger partial charge in [-0.1, -0.05) is 26.3 Å². The number of aliphatic hydroxyl groups is 1. The van der Waals surface area contributed by atoms with Gasteiger partial charge in [-0.05, 0) is 60.9 Å². The van der Waals surface area contributed by atoms with Gasteiger partial charge in [0.1, 0.15) is 11.6 Å². The highest BCUT2D eigenvalue weighted by Crippen LogP contribution is 2.34. The molecule has 7 heteroatoms. The molecule has 3 rings (SSSR count). The maximum Gasteiger partial charge on any atom is 0.307 e. The predicted octanol–water partition coefficient (Wildman–Crippen LogP) is 4.93. The van der Waals surface area contributed by atoms with E-state index in [0.717, 1.165) is 24.1 Å². The van der Waals surface area contributed by atoms with Gasteiger partial charge in [-0.2, -0.15) is 5.10 Å². The minimum atomic E-state index is -0.917. The minimum absolute atomic E-state index is 0.109. The summed E-state index contributed by atoms with van der Waals surface area (Å²) in [7, 11) is 0. The molecule has 0 unspecified atom stereocenters. The highest BCUT2D eigenvalue weighted by Gasteiger charge is 2.18. The molecule has 0 spiro atoms. The van der Waals surface area contributed by atoms with Crippen molar-refractivity contribution >= 4 is 5.97 Å². The fourth-order valence-corrected chi connectivity index (χ4v) is 3.38. The molecule has 2 N–H and O–H groups in total. The normalized spacial score (nSPS) is 12.0. The summed E-state index contributed by atoms with van der Waals surface area (Å²) in [6.45, 7) is 4.80. The van der Waals surface area contributed by atoms with Gasteiger partial charge in [0.25, 0.3) is 0 Å². The summed E-state index contributed by atoms with van der Waals surface area (Å²) in [4.78, 5) is 11.2. The van der Waals surface area contributed by atoms with Crippen molar-refractivity contribution in [2.75, 3.05) is 6.61 Å². The molecule has 0 aliphatic carbocycles. The summed E-state index contributed by atoms with van der Waals surface area (Å²) >= 11 is 0. The van der Waals surface area contributed by atoms with Gasteiger partial charge < -0.3 is 14.9 Å². The fraction of sp³-hybridized carbons (Fsp3) is 0.360.